The van der Waals surface area contributed by atoms with Crippen LogP contribution in [-0.4, -0.2) is 37.9 Å². The van der Waals surface area contributed by atoms with Crippen molar-refractivity contribution in [2.75, 3.05) is 19.8 Å². The van der Waals surface area contributed by atoms with Crippen molar-refractivity contribution in [2.24, 2.45) is 0 Å². The summed E-state index contributed by atoms with van der Waals surface area (Å²) in [5.41, 5.74) is 0. The van der Waals surface area contributed by atoms with Gasteiger partial charge in [-0.15, -0.1) is 0 Å². The minimum absolute atomic E-state index is 0.0780. The first-order chi connectivity index (χ1) is 34.6. The summed E-state index contributed by atoms with van der Waals surface area (Å²) in [7, 11) is 0. The third-order valence-corrected chi connectivity index (χ3v) is 13.5. The van der Waals surface area contributed by atoms with Crippen molar-refractivity contribution in [2.45, 2.75) is 322 Å². The summed E-state index contributed by atoms with van der Waals surface area (Å²) in [4.78, 5) is 25.6. The van der Waals surface area contributed by atoms with E-state index in [1.54, 1.807) is 0 Å². The molecule has 0 bridgehead atoms. The van der Waals surface area contributed by atoms with Gasteiger partial charge >= 0.3 is 11.9 Å². The van der Waals surface area contributed by atoms with E-state index in [0.717, 1.165) is 64.2 Å². The van der Waals surface area contributed by atoms with Crippen molar-refractivity contribution in [3.63, 3.8) is 0 Å². The molecular weight excluding hydrogens is 861 g/mol. The van der Waals surface area contributed by atoms with Crippen molar-refractivity contribution < 1.29 is 23.8 Å². The van der Waals surface area contributed by atoms with E-state index in [1.165, 1.54) is 218 Å². The molecule has 0 aromatic heterocycles. The molecule has 0 aromatic rings. The molecule has 0 fully saturated rings. The van der Waals surface area contributed by atoms with Crippen molar-refractivity contribution in [1.82, 2.24) is 0 Å². The van der Waals surface area contributed by atoms with Gasteiger partial charge in [-0.3, -0.25) is 9.59 Å². The molecule has 0 aromatic carbocycles. The van der Waals surface area contributed by atoms with Gasteiger partial charge < -0.3 is 14.2 Å². The van der Waals surface area contributed by atoms with E-state index in [9.17, 15) is 9.59 Å². The Hall–Kier alpha value is -2.40. The second kappa shape index (κ2) is 60.9. The standard InChI is InChI=1S/C65H118O5/c1-4-7-10-13-16-19-22-25-28-30-32-34-36-39-42-45-48-51-54-57-60-68-61-63(70-65(67)59-56-53-50-47-44-41-37-27-24-21-18-15-12-9-6-3)62-69-64(66)58-55-52-49-46-43-40-38-35-33-31-29-26-23-20-17-14-11-8-5-2/h16,19,25-29,32,34,37,63H,4-15,17-18,20-24,30-31,33,35-36,38-62H2,1-3H3/b19-16-,28-25-,29-26-,34-32-,37-27-. The van der Waals surface area contributed by atoms with Gasteiger partial charge in [-0.05, 0) is 109 Å². The van der Waals surface area contributed by atoms with Crippen LogP contribution in [0.1, 0.15) is 316 Å². The topological polar surface area (TPSA) is 61.8 Å². The highest BCUT2D eigenvalue weighted by atomic mass is 16.6. The normalized spacial score (nSPS) is 12.6. The first kappa shape index (κ1) is 67.6. The second-order valence-electron chi connectivity index (χ2n) is 20.6. The second-order valence-corrected chi connectivity index (χ2v) is 20.6. The predicted octanol–water partition coefficient (Wildman–Crippen LogP) is 21.2. The van der Waals surface area contributed by atoms with Gasteiger partial charge in [-0.1, -0.05) is 255 Å². The van der Waals surface area contributed by atoms with Crippen LogP contribution < -0.4 is 0 Å². The van der Waals surface area contributed by atoms with Crippen LogP contribution in [0.3, 0.4) is 0 Å². The van der Waals surface area contributed by atoms with Crippen molar-refractivity contribution in [3.8, 4) is 0 Å². The lowest BCUT2D eigenvalue weighted by Gasteiger charge is -2.18. The quantitative estimate of drug-likeness (QED) is 0.0345. The molecule has 0 saturated heterocycles. The average Bonchev–Trinajstić information content (AvgIpc) is 3.36. The molecule has 0 amide bonds. The van der Waals surface area contributed by atoms with Gasteiger partial charge in [0, 0.05) is 19.4 Å². The van der Waals surface area contributed by atoms with E-state index in [4.69, 9.17) is 14.2 Å². The van der Waals surface area contributed by atoms with Crippen LogP contribution in [0.4, 0.5) is 0 Å². The number of carbonyl (C=O) groups is 2. The van der Waals surface area contributed by atoms with Crippen LogP contribution in [0.5, 0.6) is 0 Å². The highest BCUT2D eigenvalue weighted by Crippen LogP contribution is 2.15. The lowest BCUT2D eigenvalue weighted by molar-refractivity contribution is -0.163. The molecule has 0 radical (unpaired) electrons. The van der Waals surface area contributed by atoms with E-state index in [2.05, 4.69) is 81.5 Å². The number of allylic oxidation sites excluding steroid dienone is 10. The molecule has 1 atom stereocenters. The molecule has 70 heavy (non-hydrogen) atoms. The zero-order chi connectivity index (χ0) is 50.6. The Labute approximate surface area is 436 Å². The Balaban J connectivity index is 4.28. The van der Waals surface area contributed by atoms with Gasteiger partial charge in [-0.2, -0.15) is 0 Å². The number of esters is 2. The van der Waals surface area contributed by atoms with Crippen LogP contribution in [0.15, 0.2) is 60.8 Å². The highest BCUT2D eigenvalue weighted by molar-refractivity contribution is 5.70. The molecule has 0 aliphatic heterocycles. The van der Waals surface area contributed by atoms with Gasteiger partial charge in [0.15, 0.2) is 6.10 Å². The molecule has 0 aliphatic rings. The molecule has 5 heteroatoms. The van der Waals surface area contributed by atoms with Crippen molar-refractivity contribution in [1.29, 1.82) is 0 Å². The Kier molecular flexibility index (Phi) is 58.8. The molecular formula is C65H118O5. The largest absolute Gasteiger partial charge is 0.462 e. The minimum atomic E-state index is -0.548. The SMILES string of the molecule is CCCCC/C=C\C/C=C\C/C=C\CCCCCCCCCOCC(COC(=O)CCCCCCCCCCC/C=C\CCCCCCCC)OC(=O)CCCCCCC/C=C\CCCCCCCC. The number of unbranched alkanes of at least 4 members (excludes halogenated alkanes) is 36. The first-order valence-electron chi connectivity index (χ1n) is 30.8. The number of hydrogen-bond donors (Lipinski definition) is 0. The van der Waals surface area contributed by atoms with Gasteiger partial charge in [0.1, 0.15) is 6.61 Å². The van der Waals surface area contributed by atoms with Crippen LogP contribution in [0, 0.1) is 0 Å². The number of carbonyl (C=O) groups excluding carboxylic acids is 2. The maximum Gasteiger partial charge on any atom is 0.306 e. The molecule has 5 nitrogen and oxygen atoms in total. The summed E-state index contributed by atoms with van der Waals surface area (Å²) in [5.74, 6) is -0.402. The number of rotatable bonds is 57. The fourth-order valence-corrected chi connectivity index (χ4v) is 8.86. The fourth-order valence-electron chi connectivity index (χ4n) is 8.86. The third-order valence-electron chi connectivity index (χ3n) is 13.5. The predicted molar refractivity (Wildman–Crippen MR) is 307 cm³/mol. The van der Waals surface area contributed by atoms with E-state index in [0.29, 0.717) is 19.4 Å². The first-order valence-corrected chi connectivity index (χ1v) is 30.8. The lowest BCUT2D eigenvalue weighted by atomic mass is 10.1. The summed E-state index contributed by atoms with van der Waals surface area (Å²) < 4.78 is 17.5. The molecule has 408 valence electrons. The summed E-state index contributed by atoms with van der Waals surface area (Å²) in [6, 6.07) is 0. The monoisotopic (exact) mass is 979 g/mol. The zero-order valence-corrected chi connectivity index (χ0v) is 47.0. The molecule has 1 unspecified atom stereocenters. The van der Waals surface area contributed by atoms with E-state index in [-0.39, 0.29) is 25.2 Å². The average molecular weight is 980 g/mol. The minimum Gasteiger partial charge on any atom is -0.462 e. The summed E-state index contributed by atoms with van der Waals surface area (Å²) in [6.07, 6.45) is 78.2. The molecule has 0 aliphatic carbocycles. The molecule has 0 N–H and O–H groups in total. The van der Waals surface area contributed by atoms with Gasteiger partial charge in [-0.25, -0.2) is 0 Å². The fraction of sp³-hybridized carbons (Fsp3) is 0.815. The highest BCUT2D eigenvalue weighted by Gasteiger charge is 2.17. The van der Waals surface area contributed by atoms with Crippen LogP contribution >= 0.6 is 0 Å². The summed E-state index contributed by atoms with van der Waals surface area (Å²) >= 11 is 0. The molecule has 0 spiro atoms. The van der Waals surface area contributed by atoms with Gasteiger partial charge in [0.05, 0.1) is 6.61 Å². The Morgan fingerprint density at radius 3 is 1.00 bits per heavy atom. The molecule has 0 heterocycles. The van der Waals surface area contributed by atoms with Crippen LogP contribution in [-0.2, 0) is 23.8 Å². The Morgan fingerprint density at radius 1 is 0.314 bits per heavy atom. The van der Waals surface area contributed by atoms with E-state index < -0.39 is 6.10 Å². The van der Waals surface area contributed by atoms with Gasteiger partial charge in [0.25, 0.3) is 0 Å². The molecule has 0 rings (SSSR count). The maximum absolute atomic E-state index is 12.9. The molecule has 0 saturated carbocycles. The van der Waals surface area contributed by atoms with Crippen LogP contribution in [0.25, 0.3) is 0 Å². The third kappa shape index (κ3) is 58.2. The van der Waals surface area contributed by atoms with Crippen LogP contribution in [0.2, 0.25) is 0 Å². The smallest absolute Gasteiger partial charge is 0.306 e. The van der Waals surface area contributed by atoms with Crippen molar-refractivity contribution >= 4 is 11.9 Å². The summed E-state index contributed by atoms with van der Waals surface area (Å²) in [5, 5.41) is 0. The Morgan fingerprint density at radius 2 is 0.600 bits per heavy atom. The van der Waals surface area contributed by atoms with E-state index in [1.807, 2.05) is 0 Å². The zero-order valence-electron chi connectivity index (χ0n) is 47.0. The lowest BCUT2D eigenvalue weighted by Crippen LogP contribution is -2.30. The Bertz CT molecular complexity index is 1200. The summed E-state index contributed by atoms with van der Waals surface area (Å²) in [6.45, 7) is 7.81. The number of hydrogen-bond acceptors (Lipinski definition) is 5. The van der Waals surface area contributed by atoms with E-state index >= 15 is 0 Å². The number of ether oxygens (including phenoxy) is 3. The maximum atomic E-state index is 12.9. The van der Waals surface area contributed by atoms with Crippen molar-refractivity contribution in [3.05, 3.63) is 60.8 Å². The van der Waals surface area contributed by atoms with Gasteiger partial charge in [0.2, 0.25) is 0 Å².